The third-order valence-electron chi connectivity index (χ3n) is 7.40. The Bertz CT molecular complexity index is 1640. The van der Waals surface area contributed by atoms with Gasteiger partial charge < -0.3 is 35.0 Å². The van der Waals surface area contributed by atoms with E-state index in [0.29, 0.717) is 14.7 Å². The second kappa shape index (κ2) is 15.9. The molecule has 0 spiro atoms. The van der Waals surface area contributed by atoms with Gasteiger partial charge in [-0.05, 0) is 88.3 Å². The number of rotatable bonds is 11. The van der Waals surface area contributed by atoms with Crippen LogP contribution in [0.25, 0.3) is 0 Å². The molecule has 15 heteroatoms. The molecule has 3 atom stereocenters. The lowest BCUT2D eigenvalue weighted by Crippen LogP contribution is -2.54. The Labute approximate surface area is 292 Å². The van der Waals surface area contributed by atoms with Crippen molar-refractivity contribution in [1.29, 1.82) is 0 Å². The maximum atomic E-state index is 14.1. The van der Waals surface area contributed by atoms with Crippen LogP contribution in [0.4, 0.5) is 13.2 Å². The number of benzene rings is 3. The number of hydrogen-bond donors (Lipinski definition) is 4. The van der Waals surface area contributed by atoms with Gasteiger partial charge in [-0.3, -0.25) is 9.59 Å². The maximum absolute atomic E-state index is 14.1. The fourth-order valence-electron chi connectivity index (χ4n) is 5.04. The van der Waals surface area contributed by atoms with Crippen LogP contribution >= 0.6 is 45.8 Å². The summed E-state index contributed by atoms with van der Waals surface area (Å²) in [6, 6.07) is 10.3. The lowest BCUT2D eigenvalue weighted by Gasteiger charge is -2.41. The number of nitrogens with zero attached hydrogens (tertiary/aromatic N) is 1. The molecule has 2 amide bonds. The molecule has 252 valence electrons. The van der Waals surface area contributed by atoms with Gasteiger partial charge in [-0.25, -0.2) is 0 Å². The molecule has 0 saturated heterocycles. The van der Waals surface area contributed by atoms with Gasteiger partial charge in [-0.15, -0.1) is 0 Å². The van der Waals surface area contributed by atoms with Crippen molar-refractivity contribution >= 4 is 57.6 Å². The van der Waals surface area contributed by atoms with Crippen molar-refractivity contribution in [3.63, 3.8) is 0 Å². The van der Waals surface area contributed by atoms with Gasteiger partial charge in [0.15, 0.2) is 11.5 Å². The van der Waals surface area contributed by atoms with Crippen molar-refractivity contribution < 1.29 is 47.6 Å². The van der Waals surface area contributed by atoms with E-state index < -0.39 is 41.8 Å². The molecule has 4 rings (SSSR count). The number of aliphatic hydroxyl groups excluding tert-OH is 3. The van der Waals surface area contributed by atoms with Crippen molar-refractivity contribution in [2.24, 2.45) is 0 Å². The first-order chi connectivity index (χ1) is 22.3. The summed E-state index contributed by atoms with van der Waals surface area (Å²) >= 11 is 14.3. The smallest absolute Gasteiger partial charge is 0.416 e. The number of nitrogens with one attached hydrogen (secondary N) is 1. The summed E-state index contributed by atoms with van der Waals surface area (Å²) in [7, 11) is 1.39. The first kappa shape index (κ1) is 36.8. The Balaban J connectivity index is 1.80. The van der Waals surface area contributed by atoms with Gasteiger partial charge in [-0.1, -0.05) is 29.3 Å². The quantitative estimate of drug-likeness (QED) is 0.192. The second-order valence-corrected chi connectivity index (χ2v) is 12.5. The third kappa shape index (κ3) is 8.89. The van der Waals surface area contributed by atoms with Crippen molar-refractivity contribution in [2.75, 3.05) is 20.3 Å². The highest BCUT2D eigenvalue weighted by atomic mass is 127. The van der Waals surface area contributed by atoms with E-state index in [4.69, 9.17) is 32.7 Å². The Hall–Kier alpha value is -3.08. The topological polar surface area (TPSA) is 129 Å². The van der Waals surface area contributed by atoms with Crippen molar-refractivity contribution in [2.45, 2.75) is 44.0 Å². The zero-order valence-corrected chi connectivity index (χ0v) is 28.4. The maximum Gasteiger partial charge on any atom is 0.416 e. The summed E-state index contributed by atoms with van der Waals surface area (Å²) in [5.74, 6) is -0.878. The van der Waals surface area contributed by atoms with Gasteiger partial charge in [0.1, 0.15) is 12.2 Å². The molecule has 0 bridgehead atoms. The minimum atomic E-state index is -4.62. The molecule has 0 fully saturated rings. The van der Waals surface area contributed by atoms with Crippen molar-refractivity contribution in [1.82, 2.24) is 10.2 Å². The fraction of sp³-hybridized carbons (Fsp3) is 0.312. The molecule has 0 aromatic heterocycles. The summed E-state index contributed by atoms with van der Waals surface area (Å²) in [6.45, 7) is -0.859. The molecule has 0 radical (unpaired) electrons. The largest absolute Gasteiger partial charge is 0.493 e. The number of carbonyl (C=O) groups is 2. The number of alkyl halides is 3. The van der Waals surface area contributed by atoms with E-state index in [1.54, 1.807) is 18.2 Å². The molecule has 9 nitrogen and oxygen atoms in total. The Morgan fingerprint density at radius 2 is 1.74 bits per heavy atom. The number of halogens is 6. The molecule has 1 aliphatic carbocycles. The van der Waals surface area contributed by atoms with Gasteiger partial charge in [-0.2, -0.15) is 13.2 Å². The van der Waals surface area contributed by atoms with E-state index >= 15 is 0 Å². The van der Waals surface area contributed by atoms with E-state index in [1.807, 2.05) is 22.6 Å². The average Bonchev–Trinajstić information content (AvgIpc) is 3.05. The third-order valence-corrected chi connectivity index (χ3v) is 8.94. The summed E-state index contributed by atoms with van der Waals surface area (Å²) in [6.07, 6.45) is -6.10. The van der Waals surface area contributed by atoms with Gasteiger partial charge in [0.05, 0.1) is 45.5 Å². The SMILES string of the molecule is COc1cc(CO)cc(I)c1O[C@H]1C=C(C(=O)NCCO)C[C@@H](N(Cc2ccc(Cl)c(Cl)c2)C(=O)c2ccc(C(F)(F)F)cc2)[C@@H]1O. The van der Waals surface area contributed by atoms with Crippen LogP contribution in [-0.4, -0.2) is 70.5 Å². The first-order valence-electron chi connectivity index (χ1n) is 14.1. The lowest BCUT2D eigenvalue weighted by molar-refractivity contribution is -0.137. The number of hydrogen-bond acceptors (Lipinski definition) is 7. The summed E-state index contributed by atoms with van der Waals surface area (Å²) in [5.41, 5.74) is 0.104. The van der Waals surface area contributed by atoms with E-state index in [-0.39, 0.29) is 65.4 Å². The number of ether oxygens (including phenoxy) is 2. The van der Waals surface area contributed by atoms with Crippen LogP contribution in [0.1, 0.15) is 33.5 Å². The van der Waals surface area contributed by atoms with Crippen LogP contribution in [-0.2, 0) is 24.1 Å². The van der Waals surface area contributed by atoms with E-state index in [1.165, 1.54) is 30.2 Å². The van der Waals surface area contributed by atoms with Gasteiger partial charge in [0, 0.05) is 30.6 Å². The molecule has 0 saturated carbocycles. The number of aliphatic hydroxyl groups is 3. The van der Waals surface area contributed by atoms with Crippen molar-refractivity contribution in [3.05, 3.63) is 102 Å². The molecule has 0 aliphatic heterocycles. The second-order valence-electron chi connectivity index (χ2n) is 10.5. The molecule has 1 aliphatic rings. The molecule has 3 aromatic rings. The molecule has 0 heterocycles. The van der Waals surface area contributed by atoms with Crippen LogP contribution in [0.2, 0.25) is 10.0 Å². The highest BCUT2D eigenvalue weighted by Gasteiger charge is 2.41. The standard InChI is InChI=1S/C32H30Cl2F3IN2O7/c1-46-27-12-18(16-42)11-24(38)29(27)47-26-14-20(30(44)39-8-9-41)13-25(28(26)43)40(15-17-2-7-22(33)23(34)10-17)31(45)19-3-5-21(6-4-19)32(35,36)37/h2-7,10-12,14,25-26,28,41-43H,8-9,13,15-16H2,1H3,(H,39,44)/t25-,26+,28+/m1/s1. The zero-order chi connectivity index (χ0) is 34.5. The Morgan fingerprint density at radius 3 is 2.34 bits per heavy atom. The number of methoxy groups -OCH3 is 1. The van der Waals surface area contributed by atoms with Gasteiger partial charge in [0.2, 0.25) is 5.91 Å². The first-order valence-corrected chi connectivity index (χ1v) is 15.9. The highest BCUT2D eigenvalue weighted by molar-refractivity contribution is 14.1. The Kier molecular flexibility index (Phi) is 12.4. The zero-order valence-electron chi connectivity index (χ0n) is 24.7. The molecule has 3 aromatic carbocycles. The lowest BCUT2D eigenvalue weighted by atomic mass is 9.87. The average molecular weight is 809 g/mol. The van der Waals surface area contributed by atoms with Crippen LogP contribution < -0.4 is 14.8 Å². The number of carbonyl (C=O) groups excluding carboxylic acids is 2. The summed E-state index contributed by atoms with van der Waals surface area (Å²) in [4.78, 5) is 28.5. The molecule has 0 unspecified atom stereocenters. The highest BCUT2D eigenvalue weighted by Crippen LogP contribution is 2.38. The van der Waals surface area contributed by atoms with E-state index in [9.17, 15) is 38.1 Å². The van der Waals surface area contributed by atoms with Gasteiger partial charge in [0.25, 0.3) is 5.91 Å². The van der Waals surface area contributed by atoms with E-state index in [2.05, 4.69) is 5.32 Å². The van der Waals surface area contributed by atoms with E-state index in [0.717, 1.165) is 24.3 Å². The van der Waals surface area contributed by atoms with Crippen molar-refractivity contribution in [3.8, 4) is 11.5 Å². The van der Waals surface area contributed by atoms with Gasteiger partial charge >= 0.3 is 6.18 Å². The predicted molar refractivity (Wildman–Crippen MR) is 176 cm³/mol. The number of amides is 2. The Morgan fingerprint density at radius 1 is 1.04 bits per heavy atom. The minimum absolute atomic E-state index is 0.0687. The summed E-state index contributed by atoms with van der Waals surface area (Å²) in [5, 5.41) is 33.7. The molecule has 4 N–H and O–H groups in total. The molecular formula is C32H30Cl2F3IN2O7. The molecular weight excluding hydrogens is 779 g/mol. The monoisotopic (exact) mass is 808 g/mol. The van der Waals surface area contributed by atoms with Crippen LogP contribution in [0.15, 0.2) is 66.2 Å². The van der Waals surface area contributed by atoms with Crippen LogP contribution in [0.3, 0.4) is 0 Å². The van der Waals surface area contributed by atoms with Crippen LogP contribution in [0, 0.1) is 3.57 Å². The normalized spacial score (nSPS) is 17.9. The molecule has 47 heavy (non-hydrogen) atoms. The minimum Gasteiger partial charge on any atom is -0.493 e. The predicted octanol–water partition coefficient (Wildman–Crippen LogP) is 5.38. The van der Waals surface area contributed by atoms with Crippen LogP contribution in [0.5, 0.6) is 11.5 Å². The fourth-order valence-corrected chi connectivity index (χ4v) is 6.15. The summed E-state index contributed by atoms with van der Waals surface area (Å²) < 4.78 is 52.1.